The van der Waals surface area contributed by atoms with Gasteiger partial charge in [0.2, 0.25) is 0 Å². The molecule has 0 radical (unpaired) electrons. The molecule has 0 heterocycles. The maximum atomic E-state index is 11.5. The Labute approximate surface area is 197 Å². The van der Waals surface area contributed by atoms with Gasteiger partial charge in [0.1, 0.15) is 0 Å². The lowest BCUT2D eigenvalue weighted by atomic mass is 9.84. The summed E-state index contributed by atoms with van der Waals surface area (Å²) in [5.74, 6) is -0.192. The maximum absolute atomic E-state index is 11.5. The number of aliphatic hydroxyl groups excluding tert-OH is 1. The fraction of sp³-hybridized carbons (Fsp3) is 0.161. The molecule has 0 aliphatic carbocycles. The fourth-order valence-corrected chi connectivity index (χ4v) is 4.52. The van der Waals surface area contributed by atoms with Crippen LogP contribution in [0.15, 0.2) is 134 Å². The smallest absolute Gasteiger partial charge is 0.0870 e. The van der Waals surface area contributed by atoms with Crippen LogP contribution in [-0.2, 0) is 13.1 Å². The van der Waals surface area contributed by atoms with E-state index in [1.165, 1.54) is 16.7 Å². The predicted octanol–water partition coefficient (Wildman–Crippen LogP) is 6.97. The third-order valence-electron chi connectivity index (χ3n) is 6.13. The van der Waals surface area contributed by atoms with Crippen molar-refractivity contribution in [1.29, 1.82) is 0 Å². The van der Waals surface area contributed by atoms with Gasteiger partial charge in [-0.3, -0.25) is 4.90 Å². The molecule has 4 aromatic rings. The van der Waals surface area contributed by atoms with E-state index in [2.05, 4.69) is 84.3 Å². The first-order chi connectivity index (χ1) is 16.3. The molecule has 33 heavy (non-hydrogen) atoms. The van der Waals surface area contributed by atoms with Crippen LogP contribution in [0, 0.1) is 5.92 Å². The minimum atomic E-state index is -0.664. The molecule has 1 N–H and O–H groups in total. The number of nitrogens with zero attached hydrogens (tertiary/aromatic N) is 1. The molecule has 0 aliphatic rings. The van der Waals surface area contributed by atoms with E-state index in [-0.39, 0.29) is 12.0 Å². The van der Waals surface area contributed by atoms with E-state index >= 15 is 0 Å². The Balaban J connectivity index is 1.77. The Kier molecular flexibility index (Phi) is 7.86. The van der Waals surface area contributed by atoms with Gasteiger partial charge in [0, 0.05) is 25.0 Å². The van der Waals surface area contributed by atoms with Crippen LogP contribution in [0.1, 0.15) is 34.4 Å². The van der Waals surface area contributed by atoms with Crippen molar-refractivity contribution in [2.24, 2.45) is 5.92 Å². The molecule has 2 nitrogen and oxygen atoms in total. The number of hydrogen-bond acceptors (Lipinski definition) is 2. The fourth-order valence-electron chi connectivity index (χ4n) is 4.52. The summed E-state index contributed by atoms with van der Waals surface area (Å²) in [5.41, 5.74) is 4.56. The molecule has 0 saturated carbocycles. The summed E-state index contributed by atoms with van der Waals surface area (Å²) in [6.45, 7) is 5.69. The minimum absolute atomic E-state index is 0.0562. The van der Waals surface area contributed by atoms with E-state index in [0.717, 1.165) is 18.7 Å². The van der Waals surface area contributed by atoms with Crippen LogP contribution in [0.5, 0.6) is 0 Å². The van der Waals surface area contributed by atoms with Gasteiger partial charge in [0.15, 0.2) is 0 Å². The van der Waals surface area contributed by atoms with Crippen LogP contribution in [0.3, 0.4) is 0 Å². The van der Waals surface area contributed by atoms with Gasteiger partial charge in [-0.2, -0.15) is 0 Å². The standard InChI is InChI=1S/C31H31NO/c1-2-29(31(33)28-21-13-6-14-22-28)30(27-19-11-5-12-20-27)32(23-25-15-7-3-8-16-25)24-26-17-9-4-10-18-26/h2-22,29-31,33H,1,23-24H2/t29?,30-,31?/m1/s1. The molecule has 0 aliphatic heterocycles. The van der Waals surface area contributed by atoms with Gasteiger partial charge in [0.25, 0.3) is 0 Å². The second-order valence-electron chi connectivity index (χ2n) is 8.40. The summed E-state index contributed by atoms with van der Waals surface area (Å²) in [5, 5.41) is 11.5. The zero-order valence-corrected chi connectivity index (χ0v) is 18.9. The summed E-state index contributed by atoms with van der Waals surface area (Å²) < 4.78 is 0. The Morgan fingerprint density at radius 2 is 1.00 bits per heavy atom. The number of rotatable bonds is 10. The van der Waals surface area contributed by atoms with Crippen molar-refractivity contribution in [1.82, 2.24) is 4.90 Å². The van der Waals surface area contributed by atoms with Gasteiger partial charge in [-0.25, -0.2) is 0 Å². The van der Waals surface area contributed by atoms with Crippen LogP contribution in [0.4, 0.5) is 0 Å². The van der Waals surface area contributed by atoms with E-state index in [1.54, 1.807) is 0 Å². The molecule has 0 spiro atoms. The highest BCUT2D eigenvalue weighted by molar-refractivity contribution is 5.27. The topological polar surface area (TPSA) is 23.5 Å². The highest BCUT2D eigenvalue weighted by Gasteiger charge is 2.33. The lowest BCUT2D eigenvalue weighted by Crippen LogP contribution is -2.35. The Hall–Kier alpha value is -3.46. The second kappa shape index (κ2) is 11.4. The van der Waals surface area contributed by atoms with Gasteiger partial charge in [-0.05, 0) is 22.3 Å². The quantitative estimate of drug-likeness (QED) is 0.273. The molecule has 0 bridgehead atoms. The molecule has 4 aromatic carbocycles. The minimum Gasteiger partial charge on any atom is -0.388 e. The van der Waals surface area contributed by atoms with E-state index < -0.39 is 6.10 Å². The Bertz CT molecular complexity index is 1060. The summed E-state index contributed by atoms with van der Waals surface area (Å²) in [6.07, 6.45) is 1.25. The average Bonchev–Trinajstić information content (AvgIpc) is 2.89. The lowest BCUT2D eigenvalue weighted by Gasteiger charge is -2.39. The molecule has 2 heteroatoms. The van der Waals surface area contributed by atoms with Gasteiger partial charge >= 0.3 is 0 Å². The maximum Gasteiger partial charge on any atom is 0.0870 e. The lowest BCUT2D eigenvalue weighted by molar-refractivity contribution is 0.0500. The molecular weight excluding hydrogens is 402 g/mol. The largest absolute Gasteiger partial charge is 0.388 e. The molecule has 0 saturated heterocycles. The third-order valence-corrected chi connectivity index (χ3v) is 6.13. The van der Waals surface area contributed by atoms with Crippen LogP contribution >= 0.6 is 0 Å². The van der Waals surface area contributed by atoms with E-state index in [0.29, 0.717) is 0 Å². The monoisotopic (exact) mass is 433 g/mol. The zero-order valence-electron chi connectivity index (χ0n) is 18.9. The first-order valence-electron chi connectivity index (χ1n) is 11.5. The van der Waals surface area contributed by atoms with Crippen molar-refractivity contribution in [3.8, 4) is 0 Å². The van der Waals surface area contributed by atoms with Crippen molar-refractivity contribution in [3.63, 3.8) is 0 Å². The third kappa shape index (κ3) is 5.87. The highest BCUT2D eigenvalue weighted by atomic mass is 16.3. The molecule has 2 unspecified atom stereocenters. The van der Waals surface area contributed by atoms with Crippen LogP contribution in [-0.4, -0.2) is 10.0 Å². The van der Waals surface area contributed by atoms with Crippen LogP contribution in [0.2, 0.25) is 0 Å². The molecular formula is C31H31NO. The van der Waals surface area contributed by atoms with Crippen molar-refractivity contribution >= 4 is 0 Å². The Morgan fingerprint density at radius 3 is 1.42 bits per heavy atom. The number of hydrogen-bond donors (Lipinski definition) is 1. The average molecular weight is 434 g/mol. The predicted molar refractivity (Wildman–Crippen MR) is 136 cm³/mol. The summed E-state index contributed by atoms with van der Waals surface area (Å²) >= 11 is 0. The van der Waals surface area contributed by atoms with Crippen molar-refractivity contribution in [2.75, 3.05) is 0 Å². The Morgan fingerprint density at radius 1 is 0.606 bits per heavy atom. The molecule has 166 valence electrons. The molecule has 3 atom stereocenters. The van der Waals surface area contributed by atoms with Gasteiger partial charge < -0.3 is 5.11 Å². The highest BCUT2D eigenvalue weighted by Crippen LogP contribution is 2.39. The number of aliphatic hydroxyl groups is 1. The second-order valence-corrected chi connectivity index (χ2v) is 8.40. The first kappa shape index (κ1) is 22.7. The molecule has 0 fully saturated rings. The van der Waals surface area contributed by atoms with E-state index in [9.17, 15) is 5.11 Å². The SMILES string of the molecule is C=CC(C(O)c1ccccc1)[C@@H](c1ccccc1)N(Cc1ccccc1)Cc1ccccc1. The van der Waals surface area contributed by atoms with E-state index in [1.807, 2.05) is 54.6 Å². The summed E-state index contributed by atoms with van der Waals surface area (Å²) in [6, 6.07) is 41.4. The summed E-state index contributed by atoms with van der Waals surface area (Å²) in [7, 11) is 0. The summed E-state index contributed by atoms with van der Waals surface area (Å²) in [4.78, 5) is 2.46. The van der Waals surface area contributed by atoms with Crippen molar-refractivity contribution in [3.05, 3.63) is 156 Å². The van der Waals surface area contributed by atoms with Gasteiger partial charge in [-0.1, -0.05) is 127 Å². The normalized spacial score (nSPS) is 13.9. The first-order valence-corrected chi connectivity index (χ1v) is 11.5. The number of benzene rings is 4. The van der Waals surface area contributed by atoms with Crippen molar-refractivity contribution < 1.29 is 5.11 Å². The van der Waals surface area contributed by atoms with Gasteiger partial charge in [-0.15, -0.1) is 6.58 Å². The molecule has 0 amide bonds. The van der Waals surface area contributed by atoms with E-state index in [4.69, 9.17) is 0 Å². The molecule has 4 rings (SSSR count). The van der Waals surface area contributed by atoms with Gasteiger partial charge in [0.05, 0.1) is 6.10 Å². The molecule has 0 aromatic heterocycles. The van der Waals surface area contributed by atoms with Crippen LogP contribution in [0.25, 0.3) is 0 Å². The zero-order chi connectivity index (χ0) is 22.9. The van der Waals surface area contributed by atoms with Crippen molar-refractivity contribution in [2.45, 2.75) is 25.2 Å². The van der Waals surface area contributed by atoms with Crippen LogP contribution < -0.4 is 0 Å².